The SMILES string of the molecule is COC(=O)CCC(N)Cc1cc(F)ccc1F. The lowest BCUT2D eigenvalue weighted by Gasteiger charge is -2.11. The van der Waals surface area contributed by atoms with Gasteiger partial charge in [-0.3, -0.25) is 4.79 Å². The molecule has 0 aliphatic heterocycles. The summed E-state index contributed by atoms with van der Waals surface area (Å²) in [6.45, 7) is 0. The van der Waals surface area contributed by atoms with Crippen molar-refractivity contribution in [3.63, 3.8) is 0 Å². The third kappa shape index (κ3) is 4.48. The standard InChI is InChI=1S/C12H15F2NO2/c1-17-12(16)5-3-10(15)7-8-6-9(13)2-4-11(8)14/h2,4,6,10H,3,5,7,15H2,1H3. The lowest BCUT2D eigenvalue weighted by Crippen LogP contribution is -2.24. The summed E-state index contributed by atoms with van der Waals surface area (Å²) in [5.41, 5.74) is 5.96. The zero-order chi connectivity index (χ0) is 12.8. The smallest absolute Gasteiger partial charge is 0.305 e. The predicted molar refractivity (Wildman–Crippen MR) is 59.3 cm³/mol. The highest BCUT2D eigenvalue weighted by Gasteiger charge is 2.11. The summed E-state index contributed by atoms with van der Waals surface area (Å²) in [4.78, 5) is 10.9. The largest absolute Gasteiger partial charge is 0.469 e. The molecule has 0 heterocycles. The molecule has 1 aromatic carbocycles. The minimum Gasteiger partial charge on any atom is -0.469 e. The molecule has 1 aromatic rings. The Morgan fingerprint density at radius 2 is 2.18 bits per heavy atom. The van der Waals surface area contributed by atoms with Gasteiger partial charge in [-0.25, -0.2) is 8.78 Å². The Labute approximate surface area is 98.6 Å². The molecule has 0 spiro atoms. The molecule has 1 rings (SSSR count). The number of rotatable bonds is 5. The Morgan fingerprint density at radius 1 is 1.47 bits per heavy atom. The number of carbonyl (C=O) groups excluding carboxylic acids is 1. The molecule has 0 aromatic heterocycles. The maximum atomic E-state index is 13.3. The molecule has 5 heteroatoms. The van der Waals surface area contributed by atoms with E-state index in [2.05, 4.69) is 4.74 Å². The molecule has 0 saturated carbocycles. The highest BCUT2D eigenvalue weighted by Crippen LogP contribution is 2.13. The molecule has 0 radical (unpaired) electrons. The first-order valence-electron chi connectivity index (χ1n) is 5.29. The Kier molecular flexibility index (Phi) is 5.03. The monoisotopic (exact) mass is 243 g/mol. The molecule has 1 unspecified atom stereocenters. The molecular formula is C12H15F2NO2. The number of halogens is 2. The topological polar surface area (TPSA) is 52.3 Å². The lowest BCUT2D eigenvalue weighted by atomic mass is 10.0. The molecule has 0 saturated heterocycles. The van der Waals surface area contributed by atoms with Gasteiger partial charge in [0.15, 0.2) is 0 Å². The molecule has 0 bridgehead atoms. The van der Waals surface area contributed by atoms with Gasteiger partial charge in [0, 0.05) is 12.5 Å². The molecule has 94 valence electrons. The van der Waals surface area contributed by atoms with Crippen LogP contribution >= 0.6 is 0 Å². The first-order chi connectivity index (χ1) is 8.02. The number of carbonyl (C=O) groups is 1. The molecule has 2 N–H and O–H groups in total. The second-order valence-electron chi connectivity index (χ2n) is 3.81. The van der Waals surface area contributed by atoms with Crippen LogP contribution in [0.5, 0.6) is 0 Å². The molecular weight excluding hydrogens is 228 g/mol. The van der Waals surface area contributed by atoms with Crippen molar-refractivity contribution in [3.8, 4) is 0 Å². The van der Waals surface area contributed by atoms with Gasteiger partial charge in [-0.05, 0) is 36.6 Å². The quantitative estimate of drug-likeness (QED) is 0.802. The summed E-state index contributed by atoms with van der Waals surface area (Å²) in [6, 6.07) is 2.84. The summed E-state index contributed by atoms with van der Waals surface area (Å²) in [5, 5.41) is 0. The second-order valence-corrected chi connectivity index (χ2v) is 3.81. The Bertz CT molecular complexity index is 396. The summed E-state index contributed by atoms with van der Waals surface area (Å²) in [5.74, 6) is -1.35. The van der Waals surface area contributed by atoms with Crippen molar-refractivity contribution in [2.45, 2.75) is 25.3 Å². The Morgan fingerprint density at radius 3 is 2.82 bits per heavy atom. The average molecular weight is 243 g/mol. The van der Waals surface area contributed by atoms with Crippen LogP contribution in [0.4, 0.5) is 8.78 Å². The van der Waals surface area contributed by atoms with Crippen molar-refractivity contribution >= 4 is 5.97 Å². The summed E-state index contributed by atoms with van der Waals surface area (Å²) >= 11 is 0. The third-order valence-corrected chi connectivity index (χ3v) is 2.44. The minimum atomic E-state index is -0.499. The minimum absolute atomic E-state index is 0.175. The van der Waals surface area contributed by atoms with Gasteiger partial charge in [0.1, 0.15) is 11.6 Å². The van der Waals surface area contributed by atoms with Gasteiger partial charge >= 0.3 is 5.97 Å². The first kappa shape index (κ1) is 13.6. The van der Waals surface area contributed by atoms with Gasteiger partial charge in [-0.15, -0.1) is 0 Å². The van der Waals surface area contributed by atoms with Crippen molar-refractivity contribution in [2.75, 3.05) is 7.11 Å². The molecule has 0 aliphatic rings. The van der Waals surface area contributed by atoms with E-state index in [0.717, 1.165) is 18.2 Å². The van der Waals surface area contributed by atoms with E-state index in [4.69, 9.17) is 5.73 Å². The van der Waals surface area contributed by atoms with Gasteiger partial charge in [-0.1, -0.05) is 0 Å². The maximum Gasteiger partial charge on any atom is 0.305 e. The van der Waals surface area contributed by atoms with Crippen LogP contribution in [-0.4, -0.2) is 19.1 Å². The van der Waals surface area contributed by atoms with E-state index in [1.165, 1.54) is 7.11 Å². The molecule has 0 aliphatic carbocycles. The number of hydrogen-bond donors (Lipinski definition) is 1. The van der Waals surface area contributed by atoms with E-state index in [9.17, 15) is 13.6 Å². The fourth-order valence-corrected chi connectivity index (χ4v) is 1.49. The average Bonchev–Trinajstić information content (AvgIpc) is 2.30. The van der Waals surface area contributed by atoms with Gasteiger partial charge in [0.2, 0.25) is 0 Å². The Hall–Kier alpha value is -1.49. The van der Waals surface area contributed by atoms with E-state index in [1.54, 1.807) is 0 Å². The number of esters is 1. The van der Waals surface area contributed by atoms with E-state index in [1.807, 2.05) is 0 Å². The molecule has 1 atom stereocenters. The van der Waals surface area contributed by atoms with Crippen LogP contribution in [0.15, 0.2) is 18.2 Å². The van der Waals surface area contributed by atoms with Crippen molar-refractivity contribution in [1.29, 1.82) is 0 Å². The number of nitrogens with two attached hydrogens (primary N) is 1. The zero-order valence-corrected chi connectivity index (χ0v) is 9.58. The fourth-order valence-electron chi connectivity index (χ4n) is 1.49. The van der Waals surface area contributed by atoms with Gasteiger partial charge < -0.3 is 10.5 Å². The van der Waals surface area contributed by atoms with Crippen LogP contribution in [0.1, 0.15) is 18.4 Å². The first-order valence-corrected chi connectivity index (χ1v) is 5.29. The fraction of sp³-hybridized carbons (Fsp3) is 0.417. The summed E-state index contributed by atoms with van der Waals surface area (Å²) in [7, 11) is 1.29. The van der Waals surface area contributed by atoms with Crippen LogP contribution in [0, 0.1) is 11.6 Å². The van der Waals surface area contributed by atoms with E-state index < -0.39 is 17.7 Å². The summed E-state index contributed by atoms with van der Waals surface area (Å²) < 4.78 is 30.6. The number of ether oxygens (including phenoxy) is 1. The normalized spacial score (nSPS) is 12.2. The van der Waals surface area contributed by atoms with E-state index >= 15 is 0 Å². The van der Waals surface area contributed by atoms with Crippen molar-refractivity contribution in [2.24, 2.45) is 5.73 Å². The summed E-state index contributed by atoms with van der Waals surface area (Å²) in [6.07, 6.45) is 0.748. The van der Waals surface area contributed by atoms with Crippen LogP contribution in [0.2, 0.25) is 0 Å². The number of hydrogen-bond acceptors (Lipinski definition) is 3. The van der Waals surface area contributed by atoms with Crippen LogP contribution in [0.25, 0.3) is 0 Å². The lowest BCUT2D eigenvalue weighted by molar-refractivity contribution is -0.140. The predicted octanol–water partition coefficient (Wildman–Crippen LogP) is 1.79. The van der Waals surface area contributed by atoms with Gasteiger partial charge in [0.05, 0.1) is 7.11 Å². The number of methoxy groups -OCH3 is 1. The highest BCUT2D eigenvalue weighted by molar-refractivity contribution is 5.69. The van der Waals surface area contributed by atoms with Crippen LogP contribution in [0.3, 0.4) is 0 Å². The van der Waals surface area contributed by atoms with Gasteiger partial charge in [0.25, 0.3) is 0 Å². The molecule has 0 fully saturated rings. The zero-order valence-electron chi connectivity index (χ0n) is 9.58. The molecule has 0 amide bonds. The van der Waals surface area contributed by atoms with Crippen LogP contribution < -0.4 is 5.73 Å². The second kappa shape index (κ2) is 6.30. The third-order valence-electron chi connectivity index (χ3n) is 2.44. The Balaban J connectivity index is 2.52. The van der Waals surface area contributed by atoms with Gasteiger partial charge in [-0.2, -0.15) is 0 Å². The molecule has 3 nitrogen and oxygen atoms in total. The maximum absolute atomic E-state index is 13.3. The van der Waals surface area contributed by atoms with Crippen molar-refractivity contribution in [1.82, 2.24) is 0 Å². The molecule has 17 heavy (non-hydrogen) atoms. The van der Waals surface area contributed by atoms with E-state index in [0.29, 0.717) is 6.42 Å². The number of benzene rings is 1. The van der Waals surface area contributed by atoms with Crippen LogP contribution in [-0.2, 0) is 16.0 Å². The highest BCUT2D eigenvalue weighted by atomic mass is 19.1. The van der Waals surface area contributed by atoms with E-state index in [-0.39, 0.29) is 24.4 Å². The van der Waals surface area contributed by atoms with Crippen molar-refractivity contribution < 1.29 is 18.3 Å². The van der Waals surface area contributed by atoms with Crippen molar-refractivity contribution in [3.05, 3.63) is 35.4 Å².